The molecule has 18 heavy (non-hydrogen) atoms. The van der Waals surface area contributed by atoms with Crippen LogP contribution in [-0.2, 0) is 4.74 Å². The lowest BCUT2D eigenvalue weighted by Gasteiger charge is -2.37. The molecule has 0 bridgehead atoms. The first-order valence-electron chi connectivity index (χ1n) is 6.90. The van der Waals surface area contributed by atoms with Crippen LogP contribution in [0.25, 0.3) is 0 Å². The number of likely N-dealkylation sites (tertiary alicyclic amines) is 1. The number of aliphatic hydroxyl groups is 1. The van der Waals surface area contributed by atoms with E-state index in [1.807, 2.05) is 0 Å². The molecule has 1 aliphatic carbocycles. The van der Waals surface area contributed by atoms with Crippen molar-refractivity contribution in [3.05, 3.63) is 0 Å². The van der Waals surface area contributed by atoms with Gasteiger partial charge < -0.3 is 20.1 Å². The van der Waals surface area contributed by atoms with Gasteiger partial charge in [0, 0.05) is 25.7 Å². The van der Waals surface area contributed by atoms with Crippen LogP contribution in [0, 0.1) is 11.8 Å². The van der Waals surface area contributed by atoms with E-state index in [4.69, 9.17) is 9.84 Å². The number of rotatable bonds is 5. The van der Waals surface area contributed by atoms with Gasteiger partial charge in [0.15, 0.2) is 0 Å². The molecule has 5 heteroatoms. The second-order valence-electron chi connectivity index (χ2n) is 5.53. The molecular formula is C13H24N2O3. The smallest absolute Gasteiger partial charge is 0.409 e. The Morgan fingerprint density at radius 1 is 1.39 bits per heavy atom. The van der Waals surface area contributed by atoms with Crippen molar-refractivity contribution in [3.8, 4) is 0 Å². The number of carbonyl (C=O) groups is 1. The van der Waals surface area contributed by atoms with Crippen LogP contribution in [0.5, 0.6) is 0 Å². The molecule has 2 fully saturated rings. The third kappa shape index (κ3) is 3.85. The first-order chi connectivity index (χ1) is 8.72. The molecule has 1 amide bonds. The molecule has 0 aromatic heterocycles. The molecular weight excluding hydrogens is 232 g/mol. The fourth-order valence-electron chi connectivity index (χ4n) is 2.89. The molecule has 2 atom stereocenters. The van der Waals surface area contributed by atoms with E-state index in [0.29, 0.717) is 19.0 Å². The highest BCUT2D eigenvalue weighted by molar-refractivity contribution is 5.67. The van der Waals surface area contributed by atoms with Crippen LogP contribution >= 0.6 is 0 Å². The molecule has 0 spiro atoms. The zero-order valence-electron chi connectivity index (χ0n) is 11.1. The Labute approximate surface area is 108 Å². The van der Waals surface area contributed by atoms with E-state index >= 15 is 0 Å². The molecule has 2 N–H and O–H groups in total. The summed E-state index contributed by atoms with van der Waals surface area (Å²) in [5.41, 5.74) is 0. The van der Waals surface area contributed by atoms with Gasteiger partial charge in [-0.25, -0.2) is 4.79 Å². The Kier molecular flexibility index (Phi) is 4.83. The largest absolute Gasteiger partial charge is 0.453 e. The van der Waals surface area contributed by atoms with Crippen molar-refractivity contribution in [3.63, 3.8) is 0 Å². The Morgan fingerprint density at radius 3 is 2.78 bits per heavy atom. The van der Waals surface area contributed by atoms with Crippen LogP contribution in [0.4, 0.5) is 4.79 Å². The van der Waals surface area contributed by atoms with Gasteiger partial charge in [-0.2, -0.15) is 0 Å². The Bertz CT molecular complexity index is 281. The van der Waals surface area contributed by atoms with Crippen molar-refractivity contribution in [2.24, 2.45) is 11.8 Å². The number of piperidine rings is 1. The van der Waals surface area contributed by atoms with Crippen molar-refractivity contribution < 1.29 is 14.6 Å². The summed E-state index contributed by atoms with van der Waals surface area (Å²) in [5, 5.41) is 12.2. The Morgan fingerprint density at radius 2 is 2.17 bits per heavy atom. The van der Waals surface area contributed by atoms with Gasteiger partial charge in [-0.15, -0.1) is 0 Å². The molecule has 1 aliphatic heterocycles. The average molecular weight is 256 g/mol. The number of aliphatic hydroxyl groups excluding tert-OH is 1. The fraction of sp³-hybridized carbons (Fsp3) is 0.923. The molecule has 5 nitrogen and oxygen atoms in total. The number of amides is 1. The van der Waals surface area contributed by atoms with Gasteiger partial charge in [0.05, 0.1) is 13.7 Å². The minimum absolute atomic E-state index is 0.141. The maximum absolute atomic E-state index is 11.7. The van der Waals surface area contributed by atoms with Crippen LogP contribution in [0.1, 0.15) is 25.7 Å². The summed E-state index contributed by atoms with van der Waals surface area (Å²) in [5.74, 6) is 1.45. The van der Waals surface area contributed by atoms with Gasteiger partial charge in [-0.1, -0.05) is 12.8 Å². The van der Waals surface area contributed by atoms with Gasteiger partial charge >= 0.3 is 6.09 Å². The van der Waals surface area contributed by atoms with Crippen LogP contribution in [0.3, 0.4) is 0 Å². The lowest BCUT2D eigenvalue weighted by atomic mass is 9.90. The highest BCUT2D eigenvalue weighted by atomic mass is 16.5. The number of nitrogens with zero attached hydrogens (tertiary/aromatic N) is 1. The number of ether oxygens (including phenoxy) is 1. The summed E-state index contributed by atoms with van der Waals surface area (Å²) in [4.78, 5) is 13.5. The standard InChI is InChI=1S/C13H24N2O3/c1-18-13(17)15-8-11(6-10-2-3-10)7-12(9-15)14-4-5-16/h10-12,14,16H,2-9H2,1H3. The van der Waals surface area contributed by atoms with Gasteiger partial charge in [-0.3, -0.25) is 0 Å². The first kappa shape index (κ1) is 13.6. The maximum atomic E-state index is 11.7. The minimum atomic E-state index is -0.230. The first-order valence-corrected chi connectivity index (χ1v) is 6.90. The van der Waals surface area contributed by atoms with E-state index in [2.05, 4.69) is 5.32 Å². The van der Waals surface area contributed by atoms with E-state index in [-0.39, 0.29) is 18.7 Å². The van der Waals surface area contributed by atoms with Gasteiger partial charge in [0.2, 0.25) is 0 Å². The third-order valence-corrected chi connectivity index (χ3v) is 3.88. The van der Waals surface area contributed by atoms with E-state index < -0.39 is 0 Å². The maximum Gasteiger partial charge on any atom is 0.409 e. The highest BCUT2D eigenvalue weighted by Crippen LogP contribution is 2.37. The van der Waals surface area contributed by atoms with Gasteiger partial charge in [0.25, 0.3) is 0 Å². The number of carbonyl (C=O) groups excluding carboxylic acids is 1. The van der Waals surface area contributed by atoms with Crippen LogP contribution in [0.15, 0.2) is 0 Å². The molecule has 1 saturated carbocycles. The molecule has 2 aliphatic rings. The summed E-state index contributed by atoms with van der Waals surface area (Å²) in [6, 6.07) is 0.286. The van der Waals surface area contributed by atoms with Crippen LogP contribution in [-0.4, -0.2) is 55.5 Å². The summed E-state index contributed by atoms with van der Waals surface area (Å²) in [6.07, 6.45) is 4.80. The minimum Gasteiger partial charge on any atom is -0.453 e. The highest BCUT2D eigenvalue weighted by Gasteiger charge is 2.33. The monoisotopic (exact) mass is 256 g/mol. The fourth-order valence-corrected chi connectivity index (χ4v) is 2.89. The second kappa shape index (κ2) is 6.38. The normalized spacial score (nSPS) is 28.2. The summed E-state index contributed by atoms with van der Waals surface area (Å²) >= 11 is 0. The molecule has 2 unspecified atom stereocenters. The number of methoxy groups -OCH3 is 1. The molecule has 0 aromatic carbocycles. The van der Waals surface area contributed by atoms with Crippen molar-refractivity contribution in [1.82, 2.24) is 10.2 Å². The summed E-state index contributed by atoms with van der Waals surface area (Å²) in [7, 11) is 1.43. The predicted molar refractivity (Wildman–Crippen MR) is 68.3 cm³/mol. The topological polar surface area (TPSA) is 61.8 Å². The molecule has 2 rings (SSSR count). The zero-order chi connectivity index (χ0) is 13.0. The lowest BCUT2D eigenvalue weighted by molar-refractivity contribution is 0.0871. The number of hydrogen-bond acceptors (Lipinski definition) is 4. The van der Waals surface area contributed by atoms with E-state index in [0.717, 1.165) is 18.9 Å². The van der Waals surface area contributed by atoms with Crippen LogP contribution < -0.4 is 5.32 Å². The Balaban J connectivity index is 1.88. The Hall–Kier alpha value is -0.810. The molecule has 0 aromatic rings. The van der Waals surface area contributed by atoms with Crippen molar-refractivity contribution in [2.45, 2.75) is 31.7 Å². The predicted octanol–water partition coefficient (Wildman–Crippen LogP) is 0.825. The molecule has 0 radical (unpaired) electrons. The average Bonchev–Trinajstić information content (AvgIpc) is 3.19. The van der Waals surface area contributed by atoms with E-state index in [9.17, 15) is 4.79 Å². The van der Waals surface area contributed by atoms with E-state index in [1.165, 1.54) is 26.4 Å². The van der Waals surface area contributed by atoms with Crippen molar-refractivity contribution in [2.75, 3.05) is 33.4 Å². The zero-order valence-corrected chi connectivity index (χ0v) is 11.1. The SMILES string of the molecule is COC(=O)N1CC(CC2CC2)CC(NCCO)C1. The third-order valence-electron chi connectivity index (χ3n) is 3.88. The molecule has 1 saturated heterocycles. The summed E-state index contributed by atoms with van der Waals surface area (Å²) in [6.45, 7) is 2.24. The lowest BCUT2D eigenvalue weighted by Crippen LogP contribution is -2.51. The van der Waals surface area contributed by atoms with Crippen molar-refractivity contribution >= 4 is 6.09 Å². The van der Waals surface area contributed by atoms with Crippen molar-refractivity contribution in [1.29, 1.82) is 0 Å². The summed E-state index contributed by atoms with van der Waals surface area (Å²) < 4.78 is 4.82. The van der Waals surface area contributed by atoms with Crippen LogP contribution in [0.2, 0.25) is 0 Å². The second-order valence-corrected chi connectivity index (χ2v) is 5.53. The van der Waals surface area contributed by atoms with Gasteiger partial charge in [0.1, 0.15) is 0 Å². The quantitative estimate of drug-likeness (QED) is 0.764. The molecule has 1 heterocycles. The molecule has 104 valence electrons. The van der Waals surface area contributed by atoms with Gasteiger partial charge in [-0.05, 0) is 24.7 Å². The van der Waals surface area contributed by atoms with E-state index in [1.54, 1.807) is 4.90 Å². The number of hydrogen-bond donors (Lipinski definition) is 2. The number of nitrogens with one attached hydrogen (secondary N) is 1.